The van der Waals surface area contributed by atoms with Gasteiger partial charge in [0.05, 0.1) is 22.7 Å². The minimum Gasteiger partial charge on any atom is -0.323 e. The van der Waals surface area contributed by atoms with Gasteiger partial charge in [-0.2, -0.15) is 0 Å². The van der Waals surface area contributed by atoms with Crippen molar-refractivity contribution in [1.82, 2.24) is 0 Å². The molecule has 0 spiro atoms. The van der Waals surface area contributed by atoms with Crippen molar-refractivity contribution in [2.24, 2.45) is 0 Å². The van der Waals surface area contributed by atoms with Gasteiger partial charge in [0.15, 0.2) is 0 Å². The summed E-state index contributed by atoms with van der Waals surface area (Å²) < 4.78 is 25.8. The summed E-state index contributed by atoms with van der Waals surface area (Å²) in [5, 5.41) is 3.36. The SMILES string of the molecule is Cc1ccc(N([C@H](C)C(=O)Nc2cc(Cl)ccc2Cl)S(C)(=O)=O)cc1C. The Kier molecular flexibility index (Phi) is 6.21. The van der Waals surface area contributed by atoms with Crippen LogP contribution in [-0.2, 0) is 14.8 Å². The highest BCUT2D eigenvalue weighted by atomic mass is 35.5. The smallest absolute Gasteiger partial charge is 0.248 e. The lowest BCUT2D eigenvalue weighted by Crippen LogP contribution is -2.45. The first-order chi connectivity index (χ1) is 12.0. The third-order valence-electron chi connectivity index (χ3n) is 4.02. The number of aryl methyl sites for hydroxylation is 2. The molecule has 0 heterocycles. The lowest BCUT2D eigenvalue weighted by molar-refractivity contribution is -0.116. The summed E-state index contributed by atoms with van der Waals surface area (Å²) >= 11 is 12.0. The van der Waals surface area contributed by atoms with E-state index < -0.39 is 22.0 Å². The zero-order valence-corrected chi connectivity index (χ0v) is 17.2. The molecule has 0 aliphatic rings. The Morgan fingerprint density at radius 2 is 1.73 bits per heavy atom. The molecule has 1 atom stereocenters. The molecule has 0 radical (unpaired) electrons. The summed E-state index contributed by atoms with van der Waals surface area (Å²) in [6.07, 6.45) is 1.07. The molecule has 2 rings (SSSR count). The third-order valence-corrected chi connectivity index (χ3v) is 5.83. The molecule has 0 saturated carbocycles. The van der Waals surface area contributed by atoms with E-state index in [-0.39, 0.29) is 0 Å². The predicted octanol–water partition coefficient (Wildman–Crippen LogP) is 4.40. The van der Waals surface area contributed by atoms with Crippen molar-refractivity contribution in [3.63, 3.8) is 0 Å². The van der Waals surface area contributed by atoms with E-state index in [1.165, 1.54) is 13.0 Å². The van der Waals surface area contributed by atoms with E-state index in [1.807, 2.05) is 19.9 Å². The number of amides is 1. The van der Waals surface area contributed by atoms with Crippen LogP contribution in [0.25, 0.3) is 0 Å². The second-order valence-corrected chi connectivity index (χ2v) is 8.82. The third kappa shape index (κ3) is 4.69. The predicted molar refractivity (Wildman–Crippen MR) is 108 cm³/mol. The van der Waals surface area contributed by atoms with Crippen LogP contribution in [-0.4, -0.2) is 26.6 Å². The number of hydrogen-bond acceptors (Lipinski definition) is 3. The van der Waals surface area contributed by atoms with E-state index in [0.29, 0.717) is 21.4 Å². The summed E-state index contributed by atoms with van der Waals surface area (Å²) in [6.45, 7) is 5.33. The van der Waals surface area contributed by atoms with Crippen molar-refractivity contribution in [2.75, 3.05) is 15.9 Å². The number of nitrogens with zero attached hydrogens (tertiary/aromatic N) is 1. The van der Waals surface area contributed by atoms with Crippen LogP contribution in [0.3, 0.4) is 0 Å². The molecule has 0 aliphatic heterocycles. The van der Waals surface area contributed by atoms with Crippen LogP contribution in [0.4, 0.5) is 11.4 Å². The van der Waals surface area contributed by atoms with Crippen LogP contribution in [0.2, 0.25) is 10.0 Å². The number of benzene rings is 2. The second-order valence-electron chi connectivity index (χ2n) is 6.12. The van der Waals surface area contributed by atoms with Gasteiger partial charge in [-0.3, -0.25) is 9.10 Å². The molecule has 0 aliphatic carbocycles. The normalized spacial score (nSPS) is 12.5. The van der Waals surface area contributed by atoms with Gasteiger partial charge in [0.25, 0.3) is 0 Å². The molecule has 1 amide bonds. The van der Waals surface area contributed by atoms with Crippen LogP contribution in [0.15, 0.2) is 36.4 Å². The van der Waals surface area contributed by atoms with E-state index >= 15 is 0 Å². The quantitative estimate of drug-likeness (QED) is 0.787. The number of rotatable bonds is 5. The minimum atomic E-state index is -3.69. The first-order valence-electron chi connectivity index (χ1n) is 7.83. The van der Waals surface area contributed by atoms with E-state index in [1.54, 1.807) is 24.3 Å². The molecule has 8 heteroatoms. The van der Waals surface area contributed by atoms with Crippen LogP contribution in [0.1, 0.15) is 18.1 Å². The van der Waals surface area contributed by atoms with Gasteiger partial charge in [0.2, 0.25) is 15.9 Å². The molecule has 140 valence electrons. The van der Waals surface area contributed by atoms with E-state index in [0.717, 1.165) is 21.7 Å². The van der Waals surface area contributed by atoms with Gasteiger partial charge >= 0.3 is 0 Å². The van der Waals surface area contributed by atoms with Crippen molar-refractivity contribution in [2.45, 2.75) is 26.8 Å². The summed E-state index contributed by atoms with van der Waals surface area (Å²) in [6, 6.07) is 8.92. The van der Waals surface area contributed by atoms with Crippen LogP contribution >= 0.6 is 23.2 Å². The van der Waals surface area contributed by atoms with E-state index in [2.05, 4.69) is 5.32 Å². The molecule has 2 aromatic carbocycles. The number of nitrogens with one attached hydrogen (secondary N) is 1. The molecule has 1 N–H and O–H groups in total. The van der Waals surface area contributed by atoms with Crippen molar-refractivity contribution in [3.8, 4) is 0 Å². The van der Waals surface area contributed by atoms with Crippen LogP contribution < -0.4 is 9.62 Å². The minimum absolute atomic E-state index is 0.312. The molecular weight excluding hydrogens is 395 g/mol. The zero-order valence-electron chi connectivity index (χ0n) is 14.9. The molecular formula is C18H20Cl2N2O3S. The van der Waals surface area contributed by atoms with Gasteiger partial charge in [-0.05, 0) is 62.2 Å². The van der Waals surface area contributed by atoms with Gasteiger partial charge in [-0.1, -0.05) is 29.3 Å². The van der Waals surface area contributed by atoms with Crippen molar-refractivity contribution >= 4 is 50.5 Å². The Morgan fingerprint density at radius 1 is 1.08 bits per heavy atom. The summed E-state index contributed by atoms with van der Waals surface area (Å²) in [5.74, 6) is -0.516. The van der Waals surface area contributed by atoms with Gasteiger partial charge in [0, 0.05) is 5.02 Å². The van der Waals surface area contributed by atoms with Gasteiger partial charge in [-0.15, -0.1) is 0 Å². The standard InChI is InChI=1S/C18H20Cl2N2O3S/c1-11-5-7-15(9-12(11)2)22(26(4,24)25)13(3)18(23)21-17-10-14(19)6-8-16(17)20/h5-10,13H,1-4H3,(H,21,23)/t13-/m1/s1. The van der Waals surface area contributed by atoms with E-state index in [9.17, 15) is 13.2 Å². The van der Waals surface area contributed by atoms with E-state index in [4.69, 9.17) is 23.2 Å². The molecule has 0 fully saturated rings. The summed E-state index contributed by atoms with van der Waals surface area (Å²) in [7, 11) is -3.69. The Morgan fingerprint density at radius 3 is 2.31 bits per heavy atom. The summed E-state index contributed by atoms with van der Waals surface area (Å²) in [5.41, 5.74) is 2.71. The molecule has 0 aromatic heterocycles. The Labute approximate surface area is 164 Å². The molecule has 0 unspecified atom stereocenters. The first kappa shape index (κ1) is 20.6. The largest absolute Gasteiger partial charge is 0.323 e. The fraction of sp³-hybridized carbons (Fsp3) is 0.278. The number of carbonyl (C=O) groups excluding carboxylic acids is 1. The maximum atomic E-state index is 12.7. The van der Waals surface area contributed by atoms with Crippen LogP contribution in [0.5, 0.6) is 0 Å². The fourth-order valence-corrected chi connectivity index (χ4v) is 4.01. The summed E-state index contributed by atoms with van der Waals surface area (Å²) in [4.78, 5) is 12.7. The highest BCUT2D eigenvalue weighted by molar-refractivity contribution is 7.92. The number of carbonyl (C=O) groups is 1. The zero-order chi connectivity index (χ0) is 19.6. The number of sulfonamides is 1. The Hall–Kier alpha value is -1.76. The maximum absolute atomic E-state index is 12.7. The fourth-order valence-electron chi connectivity index (χ4n) is 2.50. The monoisotopic (exact) mass is 414 g/mol. The van der Waals surface area contributed by atoms with Gasteiger partial charge < -0.3 is 5.32 Å². The molecule has 0 saturated heterocycles. The lowest BCUT2D eigenvalue weighted by Gasteiger charge is -2.28. The molecule has 5 nitrogen and oxygen atoms in total. The number of hydrogen-bond donors (Lipinski definition) is 1. The maximum Gasteiger partial charge on any atom is 0.248 e. The Bertz CT molecular complexity index is 945. The average Bonchev–Trinajstić information content (AvgIpc) is 2.53. The average molecular weight is 415 g/mol. The highest BCUT2D eigenvalue weighted by Crippen LogP contribution is 2.27. The molecule has 26 heavy (non-hydrogen) atoms. The number of halogens is 2. The molecule has 2 aromatic rings. The van der Waals surface area contributed by atoms with Crippen molar-refractivity contribution in [1.29, 1.82) is 0 Å². The Balaban J connectivity index is 2.37. The number of anilines is 2. The van der Waals surface area contributed by atoms with Crippen molar-refractivity contribution in [3.05, 3.63) is 57.6 Å². The van der Waals surface area contributed by atoms with Crippen molar-refractivity contribution < 1.29 is 13.2 Å². The first-order valence-corrected chi connectivity index (χ1v) is 10.4. The molecule has 0 bridgehead atoms. The van der Waals surface area contributed by atoms with Gasteiger partial charge in [0.1, 0.15) is 6.04 Å². The van der Waals surface area contributed by atoms with Gasteiger partial charge in [-0.25, -0.2) is 8.42 Å². The van der Waals surface area contributed by atoms with Crippen LogP contribution in [0, 0.1) is 13.8 Å². The highest BCUT2D eigenvalue weighted by Gasteiger charge is 2.29. The second kappa shape index (κ2) is 7.86. The topological polar surface area (TPSA) is 66.5 Å². The lowest BCUT2D eigenvalue weighted by atomic mass is 10.1.